The van der Waals surface area contributed by atoms with Crippen LogP contribution in [0.2, 0.25) is 0 Å². The minimum atomic E-state index is -0.427. The highest BCUT2D eigenvalue weighted by atomic mass is 35.5. The van der Waals surface area contributed by atoms with Crippen LogP contribution in [0.25, 0.3) is 10.1 Å². The first-order valence-corrected chi connectivity index (χ1v) is 7.61. The zero-order valence-electron chi connectivity index (χ0n) is 11.7. The molecule has 0 saturated carbocycles. The van der Waals surface area contributed by atoms with E-state index in [1.165, 1.54) is 23.5 Å². The van der Waals surface area contributed by atoms with Gasteiger partial charge in [0.05, 0.1) is 9.80 Å². The molecule has 2 N–H and O–H groups in total. The number of non-ortho nitro benzene ring substituents is 1. The van der Waals surface area contributed by atoms with Crippen LogP contribution >= 0.6 is 23.7 Å². The first-order chi connectivity index (χ1) is 10.1. The lowest BCUT2D eigenvalue weighted by Crippen LogP contribution is -2.39. The quantitative estimate of drug-likeness (QED) is 0.686. The number of carbonyl (C=O) groups excluding carboxylic acids is 1. The number of thiophene rings is 1. The lowest BCUT2D eigenvalue weighted by molar-refractivity contribution is -0.384. The van der Waals surface area contributed by atoms with Gasteiger partial charge < -0.3 is 10.6 Å². The van der Waals surface area contributed by atoms with Crippen LogP contribution in [-0.2, 0) is 0 Å². The number of nitrogens with zero attached hydrogens (tertiary/aromatic N) is 2. The van der Waals surface area contributed by atoms with Crippen molar-refractivity contribution in [1.82, 2.24) is 4.90 Å². The summed E-state index contributed by atoms with van der Waals surface area (Å²) in [7, 11) is 0. The van der Waals surface area contributed by atoms with Gasteiger partial charge in [-0.25, -0.2) is 0 Å². The number of halogens is 1. The third-order valence-electron chi connectivity index (χ3n) is 3.83. The van der Waals surface area contributed by atoms with Crippen molar-refractivity contribution >= 4 is 45.4 Å². The molecule has 1 atom stereocenters. The molecule has 1 amide bonds. The molecule has 1 fully saturated rings. The van der Waals surface area contributed by atoms with Crippen molar-refractivity contribution in [2.45, 2.75) is 18.9 Å². The molecule has 118 valence electrons. The smallest absolute Gasteiger partial charge is 0.270 e. The van der Waals surface area contributed by atoms with Crippen molar-refractivity contribution in [3.05, 3.63) is 39.3 Å². The van der Waals surface area contributed by atoms with E-state index in [0.717, 1.165) is 29.5 Å². The van der Waals surface area contributed by atoms with E-state index in [4.69, 9.17) is 5.73 Å². The fourth-order valence-electron chi connectivity index (χ4n) is 2.74. The maximum Gasteiger partial charge on any atom is 0.270 e. The van der Waals surface area contributed by atoms with Crippen LogP contribution in [0.3, 0.4) is 0 Å². The summed E-state index contributed by atoms with van der Waals surface area (Å²) >= 11 is 1.37. The van der Waals surface area contributed by atoms with Gasteiger partial charge in [0.25, 0.3) is 11.6 Å². The number of nitro groups is 1. The molecule has 3 rings (SSSR count). The van der Waals surface area contributed by atoms with Crippen molar-refractivity contribution in [2.75, 3.05) is 13.1 Å². The molecule has 0 aliphatic carbocycles. The normalized spacial score (nSPS) is 17.5. The lowest BCUT2D eigenvalue weighted by atomic mass is 10.2. The standard InChI is InChI=1S/C14H15N3O3S.ClH/c15-8-11-2-1-5-16(11)14(18)13-7-9-6-10(17(19)20)3-4-12(9)21-13;/h3-4,6-7,11H,1-2,5,8,15H2;1H. The molecule has 1 saturated heterocycles. The zero-order valence-corrected chi connectivity index (χ0v) is 13.4. The van der Waals surface area contributed by atoms with Gasteiger partial charge in [-0.3, -0.25) is 14.9 Å². The predicted molar refractivity (Wildman–Crippen MR) is 88.8 cm³/mol. The Morgan fingerprint density at radius 1 is 1.45 bits per heavy atom. The van der Waals surface area contributed by atoms with E-state index in [1.807, 2.05) is 4.90 Å². The van der Waals surface area contributed by atoms with Gasteiger partial charge in [-0.05, 0) is 25.0 Å². The maximum atomic E-state index is 12.6. The van der Waals surface area contributed by atoms with E-state index in [9.17, 15) is 14.9 Å². The summed E-state index contributed by atoms with van der Waals surface area (Å²) < 4.78 is 0.882. The summed E-state index contributed by atoms with van der Waals surface area (Å²) in [4.78, 5) is 25.4. The summed E-state index contributed by atoms with van der Waals surface area (Å²) in [6.07, 6.45) is 1.92. The molecule has 0 bridgehead atoms. The van der Waals surface area contributed by atoms with E-state index in [-0.39, 0.29) is 30.0 Å². The molecule has 1 aromatic heterocycles. The van der Waals surface area contributed by atoms with Crippen molar-refractivity contribution < 1.29 is 9.72 Å². The van der Waals surface area contributed by atoms with Gasteiger partial charge in [-0.2, -0.15) is 0 Å². The molecule has 22 heavy (non-hydrogen) atoms. The molecule has 0 radical (unpaired) electrons. The van der Waals surface area contributed by atoms with Crippen LogP contribution in [0.1, 0.15) is 22.5 Å². The Hall–Kier alpha value is -1.70. The van der Waals surface area contributed by atoms with Crippen LogP contribution < -0.4 is 5.73 Å². The van der Waals surface area contributed by atoms with Crippen molar-refractivity contribution in [3.8, 4) is 0 Å². The number of likely N-dealkylation sites (tertiary alicyclic amines) is 1. The molecular weight excluding hydrogens is 326 g/mol. The zero-order chi connectivity index (χ0) is 15.0. The highest BCUT2D eigenvalue weighted by molar-refractivity contribution is 7.20. The first kappa shape index (κ1) is 16.7. The van der Waals surface area contributed by atoms with Crippen LogP contribution in [0, 0.1) is 10.1 Å². The molecule has 6 nitrogen and oxygen atoms in total. The number of hydrogen-bond donors (Lipinski definition) is 1. The summed E-state index contributed by atoms with van der Waals surface area (Å²) in [5.41, 5.74) is 5.74. The largest absolute Gasteiger partial charge is 0.334 e. The van der Waals surface area contributed by atoms with Crippen LogP contribution in [0.4, 0.5) is 5.69 Å². The van der Waals surface area contributed by atoms with Gasteiger partial charge in [0.2, 0.25) is 0 Å². The minimum absolute atomic E-state index is 0. The Kier molecular flexibility index (Phi) is 5.00. The lowest BCUT2D eigenvalue weighted by Gasteiger charge is -2.22. The number of rotatable bonds is 3. The molecule has 1 aromatic carbocycles. The van der Waals surface area contributed by atoms with Gasteiger partial charge in [-0.1, -0.05) is 0 Å². The summed E-state index contributed by atoms with van der Waals surface area (Å²) in [6.45, 7) is 1.21. The Bertz CT molecular complexity index is 718. The van der Waals surface area contributed by atoms with Crippen LogP contribution in [0.5, 0.6) is 0 Å². The van der Waals surface area contributed by atoms with Gasteiger partial charge in [0, 0.05) is 41.4 Å². The molecule has 1 aliphatic heterocycles. The van der Waals surface area contributed by atoms with Crippen molar-refractivity contribution in [3.63, 3.8) is 0 Å². The van der Waals surface area contributed by atoms with E-state index in [2.05, 4.69) is 0 Å². The average molecular weight is 342 g/mol. The number of benzene rings is 1. The monoisotopic (exact) mass is 341 g/mol. The Morgan fingerprint density at radius 3 is 2.91 bits per heavy atom. The molecule has 1 unspecified atom stereocenters. The summed E-state index contributed by atoms with van der Waals surface area (Å²) in [5.74, 6) is -0.0215. The number of nitrogens with two attached hydrogens (primary N) is 1. The Morgan fingerprint density at radius 2 is 2.23 bits per heavy atom. The molecule has 0 spiro atoms. The van der Waals surface area contributed by atoms with E-state index < -0.39 is 4.92 Å². The van der Waals surface area contributed by atoms with Gasteiger partial charge in [0.1, 0.15) is 0 Å². The topological polar surface area (TPSA) is 89.5 Å². The first-order valence-electron chi connectivity index (χ1n) is 6.79. The predicted octanol–water partition coefficient (Wildman–Crippen LogP) is 2.79. The van der Waals surface area contributed by atoms with Crippen LogP contribution in [-0.4, -0.2) is 34.9 Å². The van der Waals surface area contributed by atoms with Crippen LogP contribution in [0.15, 0.2) is 24.3 Å². The number of amides is 1. The highest BCUT2D eigenvalue weighted by Crippen LogP contribution is 2.31. The summed E-state index contributed by atoms with van der Waals surface area (Å²) in [6, 6.07) is 6.51. The van der Waals surface area contributed by atoms with Crippen molar-refractivity contribution in [1.29, 1.82) is 0 Å². The fraction of sp³-hybridized carbons (Fsp3) is 0.357. The molecule has 2 heterocycles. The number of carbonyl (C=O) groups is 1. The molecule has 1 aliphatic rings. The second-order valence-corrected chi connectivity index (χ2v) is 6.20. The second kappa shape index (κ2) is 6.60. The van der Waals surface area contributed by atoms with Gasteiger partial charge >= 0.3 is 0 Å². The SMILES string of the molecule is Cl.NCC1CCCN1C(=O)c1cc2cc([N+](=O)[O-])ccc2s1. The Labute approximate surface area is 137 Å². The third kappa shape index (κ3) is 2.92. The van der Waals surface area contributed by atoms with Crippen molar-refractivity contribution in [2.24, 2.45) is 5.73 Å². The van der Waals surface area contributed by atoms with Gasteiger partial charge in [-0.15, -0.1) is 23.7 Å². The van der Waals surface area contributed by atoms with E-state index in [1.54, 1.807) is 12.1 Å². The number of hydrogen-bond acceptors (Lipinski definition) is 5. The molecular formula is C14H16ClN3O3S. The molecule has 8 heteroatoms. The fourth-order valence-corrected chi connectivity index (χ4v) is 3.74. The van der Waals surface area contributed by atoms with Gasteiger partial charge in [0.15, 0.2) is 0 Å². The Balaban J connectivity index is 0.00000176. The number of nitro benzene ring substituents is 1. The molecule has 2 aromatic rings. The number of fused-ring (bicyclic) bond motifs is 1. The minimum Gasteiger partial charge on any atom is -0.334 e. The maximum absolute atomic E-state index is 12.6. The van der Waals surface area contributed by atoms with E-state index in [0.29, 0.717) is 11.4 Å². The highest BCUT2D eigenvalue weighted by Gasteiger charge is 2.29. The summed E-state index contributed by atoms with van der Waals surface area (Å²) in [5, 5.41) is 11.5. The second-order valence-electron chi connectivity index (χ2n) is 5.12. The third-order valence-corrected chi connectivity index (χ3v) is 4.94. The van der Waals surface area contributed by atoms with E-state index >= 15 is 0 Å². The average Bonchev–Trinajstić information content (AvgIpc) is 3.11.